The maximum atomic E-state index is 13.6. The lowest BCUT2D eigenvalue weighted by atomic mass is 9.94. The quantitative estimate of drug-likeness (QED) is 0.0816. The van der Waals surface area contributed by atoms with Gasteiger partial charge in [0, 0.05) is 24.5 Å². The van der Waals surface area contributed by atoms with Crippen LogP contribution in [0.25, 0.3) is 0 Å². The van der Waals surface area contributed by atoms with Gasteiger partial charge in [-0.3, -0.25) is 19.6 Å². The van der Waals surface area contributed by atoms with E-state index in [-0.39, 0.29) is 29.5 Å². The second-order valence-corrected chi connectivity index (χ2v) is 15.7. The van der Waals surface area contributed by atoms with Crippen LogP contribution in [0.3, 0.4) is 0 Å². The number of hydrogen-bond donors (Lipinski definition) is 4. The van der Waals surface area contributed by atoms with Crippen molar-refractivity contribution in [2.45, 2.75) is 124 Å². The molecule has 2 atom stereocenters. The average molecular weight is 722 g/mol. The molecule has 50 heavy (non-hydrogen) atoms. The molecule has 2 aromatic heterocycles. The molecule has 0 bridgehead atoms. The number of alkyl carbamates (subject to hydrolysis) is 1. The molecule has 0 unspecified atom stereocenters. The Balaban J connectivity index is 1.73. The van der Waals surface area contributed by atoms with Gasteiger partial charge in [-0.25, -0.2) is 19.4 Å². The number of ether oxygens (including phenoxy) is 3. The SMILES string of the molecule is CC(C)(C)OC(=O)NCCn1cc(C[C@H]2NC(=O)[C@H]2NC(=O)/C(=N\OC(C)(C)C(=O)OC(C)(C)C)c2csc(NC(=O)OC(C)(C)C)n2)nn1. The van der Waals surface area contributed by atoms with Crippen molar-refractivity contribution >= 4 is 52.2 Å². The number of hydrogen-bond acceptors (Lipinski definition) is 14. The fourth-order valence-corrected chi connectivity index (χ4v) is 4.65. The first-order valence-corrected chi connectivity index (χ1v) is 16.7. The van der Waals surface area contributed by atoms with Gasteiger partial charge in [-0.15, -0.1) is 16.4 Å². The first-order valence-electron chi connectivity index (χ1n) is 15.8. The van der Waals surface area contributed by atoms with Crippen LogP contribution >= 0.6 is 11.3 Å². The smallest absolute Gasteiger partial charge is 0.413 e. The van der Waals surface area contributed by atoms with Crippen LogP contribution in [0, 0.1) is 0 Å². The first kappa shape index (κ1) is 39.6. The molecular formula is C31H47N9O9S. The summed E-state index contributed by atoms with van der Waals surface area (Å²) in [5.74, 6) is -2.01. The average Bonchev–Trinajstić information content (AvgIpc) is 3.58. The maximum Gasteiger partial charge on any atom is 0.413 e. The van der Waals surface area contributed by atoms with Crippen molar-refractivity contribution in [3.63, 3.8) is 0 Å². The Morgan fingerprint density at radius 3 is 2.16 bits per heavy atom. The minimum absolute atomic E-state index is 0.00207. The number of oxime groups is 1. The van der Waals surface area contributed by atoms with Gasteiger partial charge >= 0.3 is 18.2 Å². The largest absolute Gasteiger partial charge is 0.457 e. The number of β-lactam (4-membered cyclic amide) rings is 1. The molecule has 18 nitrogen and oxygen atoms in total. The van der Waals surface area contributed by atoms with E-state index in [0.717, 1.165) is 11.3 Å². The normalized spacial score (nSPS) is 16.8. The zero-order valence-electron chi connectivity index (χ0n) is 30.2. The zero-order chi connectivity index (χ0) is 37.7. The summed E-state index contributed by atoms with van der Waals surface area (Å²) < 4.78 is 17.4. The van der Waals surface area contributed by atoms with Gasteiger partial charge in [0.15, 0.2) is 10.8 Å². The van der Waals surface area contributed by atoms with E-state index in [2.05, 4.69) is 41.7 Å². The molecule has 1 fully saturated rings. The minimum Gasteiger partial charge on any atom is -0.457 e. The number of rotatable bonds is 12. The number of aromatic nitrogens is 4. The number of carbonyl (C=O) groups excluding carboxylic acids is 5. The van der Waals surface area contributed by atoms with E-state index in [4.69, 9.17) is 19.0 Å². The van der Waals surface area contributed by atoms with E-state index in [1.54, 1.807) is 68.5 Å². The van der Waals surface area contributed by atoms with E-state index < -0.39 is 64.5 Å². The summed E-state index contributed by atoms with van der Waals surface area (Å²) in [5.41, 5.74) is -3.65. The van der Waals surface area contributed by atoms with Crippen LogP contribution in [0.1, 0.15) is 87.5 Å². The Morgan fingerprint density at radius 1 is 0.940 bits per heavy atom. The lowest BCUT2D eigenvalue weighted by molar-refractivity contribution is -0.179. The van der Waals surface area contributed by atoms with Crippen molar-refractivity contribution in [3.8, 4) is 0 Å². The second kappa shape index (κ2) is 15.4. The van der Waals surface area contributed by atoms with Crippen LogP contribution < -0.4 is 21.3 Å². The molecule has 0 spiro atoms. The molecule has 19 heteroatoms. The summed E-state index contributed by atoms with van der Waals surface area (Å²) in [4.78, 5) is 73.0. The fourth-order valence-electron chi connectivity index (χ4n) is 3.97. The van der Waals surface area contributed by atoms with Crippen LogP contribution in [-0.2, 0) is 46.4 Å². The molecule has 1 aliphatic rings. The van der Waals surface area contributed by atoms with Crippen LogP contribution in [0.15, 0.2) is 16.7 Å². The van der Waals surface area contributed by atoms with Crippen LogP contribution in [0.5, 0.6) is 0 Å². The summed E-state index contributed by atoms with van der Waals surface area (Å²) in [6.45, 7) is 18.9. The van der Waals surface area contributed by atoms with Crippen molar-refractivity contribution in [1.82, 2.24) is 35.9 Å². The molecule has 0 aromatic carbocycles. The summed E-state index contributed by atoms with van der Waals surface area (Å²) in [6.07, 6.45) is 0.580. The van der Waals surface area contributed by atoms with Gasteiger partial charge in [-0.2, -0.15) is 0 Å². The summed E-state index contributed by atoms with van der Waals surface area (Å²) in [6, 6.07) is -1.53. The van der Waals surface area contributed by atoms with E-state index in [0.29, 0.717) is 12.2 Å². The second-order valence-electron chi connectivity index (χ2n) is 14.9. The number of nitrogens with zero attached hydrogens (tertiary/aromatic N) is 5. The molecule has 1 saturated heterocycles. The van der Waals surface area contributed by atoms with Gasteiger partial charge in [0.25, 0.3) is 5.91 Å². The highest BCUT2D eigenvalue weighted by atomic mass is 32.1. The number of amides is 4. The third kappa shape index (κ3) is 12.6. The highest BCUT2D eigenvalue weighted by Crippen LogP contribution is 2.22. The Morgan fingerprint density at radius 2 is 1.56 bits per heavy atom. The summed E-state index contributed by atoms with van der Waals surface area (Å²) >= 11 is 0.992. The number of carbonyl (C=O) groups is 5. The molecular weight excluding hydrogens is 674 g/mol. The Hall–Kier alpha value is -4.81. The molecule has 3 rings (SSSR count). The Kier molecular flexibility index (Phi) is 12.2. The summed E-state index contributed by atoms with van der Waals surface area (Å²) in [7, 11) is 0. The van der Waals surface area contributed by atoms with Crippen LogP contribution in [0.4, 0.5) is 14.7 Å². The topological polar surface area (TPSA) is 226 Å². The van der Waals surface area contributed by atoms with Gasteiger partial charge in [-0.1, -0.05) is 10.4 Å². The van der Waals surface area contributed by atoms with Crippen molar-refractivity contribution < 1.29 is 43.0 Å². The number of anilines is 1. The van der Waals surface area contributed by atoms with Gasteiger partial charge in [-0.05, 0) is 76.2 Å². The third-order valence-electron chi connectivity index (χ3n) is 6.15. The lowest BCUT2D eigenvalue weighted by Crippen LogP contribution is -2.70. The van der Waals surface area contributed by atoms with E-state index in [1.165, 1.54) is 23.9 Å². The molecule has 0 aliphatic carbocycles. The Bertz CT molecular complexity index is 1600. The zero-order valence-corrected chi connectivity index (χ0v) is 31.1. The molecule has 4 N–H and O–H groups in total. The van der Waals surface area contributed by atoms with Crippen LogP contribution in [0.2, 0.25) is 0 Å². The molecule has 1 aliphatic heterocycles. The van der Waals surface area contributed by atoms with Crippen molar-refractivity contribution in [2.75, 3.05) is 11.9 Å². The number of thiazole rings is 1. The lowest BCUT2D eigenvalue weighted by Gasteiger charge is -2.36. The van der Waals surface area contributed by atoms with Gasteiger partial charge in [0.2, 0.25) is 11.5 Å². The van der Waals surface area contributed by atoms with Gasteiger partial charge < -0.3 is 35.0 Å². The van der Waals surface area contributed by atoms with E-state index in [1.807, 2.05) is 0 Å². The molecule has 0 saturated carbocycles. The molecule has 276 valence electrons. The van der Waals surface area contributed by atoms with Crippen molar-refractivity contribution in [3.05, 3.63) is 23.0 Å². The standard InChI is InChI=1S/C31H47N9O9S/c1-28(2,3)46-24(43)31(10,11)49-38-21(19-16-50-25(34-19)36-27(45)48-30(7,8)9)23(42)35-20-18(33-22(20)41)14-17-15-40(39-37-17)13-12-32-26(44)47-29(4,5)6/h15-16,18,20H,12-14H2,1-11H3,(H,32,44)(H,33,41)(H,35,42)(H,34,36,45)/b38-21-/t18-,20+/m1/s1. The van der Waals surface area contributed by atoms with Gasteiger partial charge in [0.1, 0.15) is 28.5 Å². The van der Waals surface area contributed by atoms with Crippen molar-refractivity contribution in [1.29, 1.82) is 0 Å². The predicted octanol–water partition coefficient (Wildman–Crippen LogP) is 2.67. The van der Waals surface area contributed by atoms with E-state index >= 15 is 0 Å². The monoisotopic (exact) mass is 721 g/mol. The van der Waals surface area contributed by atoms with Crippen LogP contribution in [-0.4, -0.2) is 96.7 Å². The number of nitrogens with one attached hydrogen (secondary N) is 4. The molecule has 4 amide bonds. The maximum absolute atomic E-state index is 13.6. The first-order chi connectivity index (χ1) is 22.9. The van der Waals surface area contributed by atoms with Gasteiger partial charge in [0.05, 0.1) is 18.3 Å². The fraction of sp³-hybridized carbons (Fsp3) is 0.645. The van der Waals surface area contributed by atoms with Crippen molar-refractivity contribution in [2.24, 2.45) is 5.16 Å². The molecule has 2 aromatic rings. The highest BCUT2D eigenvalue weighted by Gasteiger charge is 2.42. The molecule has 0 radical (unpaired) electrons. The van der Waals surface area contributed by atoms with E-state index in [9.17, 15) is 24.0 Å². The number of esters is 1. The molecule has 3 heterocycles. The third-order valence-corrected chi connectivity index (χ3v) is 6.91. The minimum atomic E-state index is -1.61. The Labute approximate surface area is 294 Å². The highest BCUT2D eigenvalue weighted by molar-refractivity contribution is 7.14. The predicted molar refractivity (Wildman–Crippen MR) is 181 cm³/mol. The summed E-state index contributed by atoms with van der Waals surface area (Å²) in [5, 5.41) is 24.2.